The first kappa shape index (κ1) is 33.6. The minimum absolute atomic E-state index is 0.157. The topological polar surface area (TPSA) is 123 Å². The van der Waals surface area contributed by atoms with Crippen LogP contribution in [0.5, 0.6) is 0 Å². The lowest BCUT2D eigenvalue weighted by atomic mass is 9.88. The van der Waals surface area contributed by atoms with Crippen molar-refractivity contribution in [3.05, 3.63) is 41.1 Å². The number of carbonyl (C=O) groups is 2. The fourth-order valence-electron chi connectivity index (χ4n) is 5.29. The van der Waals surface area contributed by atoms with Gasteiger partial charge in [0.1, 0.15) is 0 Å². The molecule has 42 heavy (non-hydrogen) atoms. The smallest absolute Gasteiger partial charge is 0.369 e. The van der Waals surface area contributed by atoms with Crippen LogP contribution in [0.15, 0.2) is 29.2 Å². The van der Waals surface area contributed by atoms with Crippen molar-refractivity contribution in [3.8, 4) is 11.3 Å². The van der Waals surface area contributed by atoms with E-state index in [2.05, 4.69) is 10.0 Å². The Bertz CT molecular complexity index is 1420. The molecule has 0 radical (unpaired) electrons. The van der Waals surface area contributed by atoms with Gasteiger partial charge in [-0.3, -0.25) is 9.59 Å². The first-order valence-corrected chi connectivity index (χ1v) is 15.7. The molecule has 0 spiro atoms. The van der Waals surface area contributed by atoms with Crippen LogP contribution in [0.4, 0.5) is 13.2 Å². The van der Waals surface area contributed by atoms with Crippen LogP contribution in [0.25, 0.3) is 11.3 Å². The second kappa shape index (κ2) is 12.4. The summed E-state index contributed by atoms with van der Waals surface area (Å²) in [4.78, 5) is 24.0. The molecule has 1 aliphatic rings. The Morgan fingerprint density at radius 2 is 1.64 bits per heavy atom. The molecular formula is C30H43F3N4O4S. The maximum absolute atomic E-state index is 14.3. The zero-order valence-electron chi connectivity index (χ0n) is 25.2. The molecule has 1 heterocycles. The van der Waals surface area contributed by atoms with Gasteiger partial charge in [0.15, 0.2) is 0 Å². The van der Waals surface area contributed by atoms with Crippen LogP contribution in [-0.2, 0) is 27.5 Å². The van der Waals surface area contributed by atoms with Gasteiger partial charge in [-0.25, -0.2) is 13.1 Å². The Morgan fingerprint density at radius 1 is 1.02 bits per heavy atom. The van der Waals surface area contributed by atoms with Gasteiger partial charge in [-0.05, 0) is 76.6 Å². The van der Waals surface area contributed by atoms with Gasteiger partial charge >= 0.3 is 6.18 Å². The molecule has 8 nitrogen and oxygen atoms in total. The van der Waals surface area contributed by atoms with Crippen molar-refractivity contribution in [1.82, 2.24) is 14.6 Å². The number of rotatable bonds is 10. The van der Waals surface area contributed by atoms with Crippen molar-refractivity contribution in [2.45, 2.75) is 103 Å². The number of sulfonamides is 1. The average molecular weight is 613 g/mol. The molecular weight excluding hydrogens is 569 g/mol. The molecule has 1 aromatic carbocycles. The van der Waals surface area contributed by atoms with E-state index in [1.807, 2.05) is 4.57 Å². The van der Waals surface area contributed by atoms with E-state index in [0.717, 1.165) is 44.2 Å². The zero-order chi connectivity index (χ0) is 31.7. The second-order valence-corrected chi connectivity index (χ2v) is 14.6. The third-order valence-electron chi connectivity index (χ3n) is 7.79. The van der Waals surface area contributed by atoms with Crippen LogP contribution in [0.1, 0.15) is 94.8 Å². The molecule has 3 rings (SSSR count). The lowest BCUT2D eigenvalue weighted by Crippen LogP contribution is -2.41. The maximum Gasteiger partial charge on any atom is 0.417 e. The average Bonchev–Trinajstić information content (AvgIpc) is 3.18. The van der Waals surface area contributed by atoms with Gasteiger partial charge in [-0.2, -0.15) is 13.2 Å². The normalized spacial score (nSPS) is 15.5. The lowest BCUT2D eigenvalue weighted by molar-refractivity contribution is -0.139. The fourth-order valence-corrected chi connectivity index (χ4v) is 6.92. The standard InChI is InChI=1S/C30H43F3N4O4S/c1-19-22(26(38)35-15-14-29(5,6)27(34)39)17-24(37(19)18-20-10-8-7-9-11-20)21-12-13-25(23(16-21)30(31,32)33)42(40,41)36-28(2,3)4/h12-13,16-17,20,36H,7-11,14-15,18H2,1-6H3,(H2,34,39)(H,35,38). The Balaban J connectivity index is 2.08. The van der Waals surface area contributed by atoms with Crippen molar-refractivity contribution >= 4 is 21.8 Å². The number of amides is 2. The van der Waals surface area contributed by atoms with E-state index in [1.54, 1.807) is 47.6 Å². The van der Waals surface area contributed by atoms with Gasteiger partial charge in [0.25, 0.3) is 5.91 Å². The molecule has 12 heteroatoms. The first-order chi connectivity index (χ1) is 19.2. The van der Waals surface area contributed by atoms with Crippen molar-refractivity contribution in [2.75, 3.05) is 6.54 Å². The summed E-state index contributed by atoms with van der Waals surface area (Å²) in [5.41, 5.74) is 3.81. The maximum atomic E-state index is 14.3. The molecule has 2 aromatic rings. The molecule has 4 N–H and O–H groups in total. The van der Waals surface area contributed by atoms with Crippen LogP contribution in [0.3, 0.4) is 0 Å². The third-order valence-corrected chi connectivity index (χ3v) is 9.61. The van der Waals surface area contributed by atoms with Crippen LogP contribution < -0.4 is 15.8 Å². The molecule has 2 amide bonds. The van der Waals surface area contributed by atoms with E-state index in [0.29, 0.717) is 35.8 Å². The lowest BCUT2D eigenvalue weighted by Gasteiger charge is -2.25. The third kappa shape index (κ3) is 8.15. The van der Waals surface area contributed by atoms with E-state index in [9.17, 15) is 31.2 Å². The highest BCUT2D eigenvalue weighted by Gasteiger charge is 2.39. The molecule has 1 saturated carbocycles. The van der Waals surface area contributed by atoms with E-state index >= 15 is 0 Å². The quantitative estimate of drug-likeness (QED) is 0.315. The fraction of sp³-hybridized carbons (Fsp3) is 0.600. The SMILES string of the molecule is Cc1c(C(=O)NCCC(C)(C)C(N)=O)cc(-c2ccc(S(=O)(=O)NC(C)(C)C)c(C(F)(F)F)c2)n1CC1CCCCC1. The van der Waals surface area contributed by atoms with E-state index < -0.39 is 49.4 Å². The molecule has 234 valence electrons. The predicted octanol–water partition coefficient (Wildman–Crippen LogP) is 5.77. The summed E-state index contributed by atoms with van der Waals surface area (Å²) >= 11 is 0. The van der Waals surface area contributed by atoms with Gasteiger partial charge in [0.2, 0.25) is 15.9 Å². The number of benzene rings is 1. The number of nitrogens with two attached hydrogens (primary N) is 1. The first-order valence-electron chi connectivity index (χ1n) is 14.3. The highest BCUT2D eigenvalue weighted by molar-refractivity contribution is 7.89. The number of hydrogen-bond donors (Lipinski definition) is 3. The van der Waals surface area contributed by atoms with E-state index in [4.69, 9.17) is 5.73 Å². The van der Waals surface area contributed by atoms with Crippen LogP contribution in [-0.4, -0.2) is 36.9 Å². The number of nitrogens with zero attached hydrogens (tertiary/aromatic N) is 1. The number of carbonyl (C=O) groups excluding carboxylic acids is 2. The predicted molar refractivity (Wildman–Crippen MR) is 156 cm³/mol. The van der Waals surface area contributed by atoms with Gasteiger partial charge in [0, 0.05) is 35.4 Å². The zero-order valence-corrected chi connectivity index (χ0v) is 26.1. The van der Waals surface area contributed by atoms with Crippen molar-refractivity contribution < 1.29 is 31.2 Å². The number of alkyl halides is 3. The van der Waals surface area contributed by atoms with Crippen LogP contribution in [0.2, 0.25) is 0 Å². The number of aromatic nitrogens is 1. The number of halogens is 3. The van der Waals surface area contributed by atoms with Gasteiger partial charge in [-0.15, -0.1) is 0 Å². The van der Waals surface area contributed by atoms with Crippen molar-refractivity contribution in [1.29, 1.82) is 0 Å². The van der Waals surface area contributed by atoms with Crippen molar-refractivity contribution in [2.24, 2.45) is 17.1 Å². The minimum Gasteiger partial charge on any atom is -0.369 e. The molecule has 0 bridgehead atoms. The van der Waals surface area contributed by atoms with Gasteiger partial charge in [-0.1, -0.05) is 39.2 Å². The summed E-state index contributed by atoms with van der Waals surface area (Å²) in [5.74, 6) is -0.605. The number of nitrogens with one attached hydrogen (secondary N) is 2. The Hall–Kier alpha value is -2.86. The Kier molecular flexibility index (Phi) is 9.93. The minimum atomic E-state index is -4.94. The summed E-state index contributed by atoms with van der Waals surface area (Å²) in [6, 6.07) is 4.74. The van der Waals surface area contributed by atoms with Gasteiger partial charge in [0.05, 0.1) is 16.0 Å². The van der Waals surface area contributed by atoms with E-state index in [1.165, 1.54) is 6.07 Å². The summed E-state index contributed by atoms with van der Waals surface area (Å²) in [5, 5.41) is 2.81. The summed E-state index contributed by atoms with van der Waals surface area (Å²) in [7, 11) is -4.48. The van der Waals surface area contributed by atoms with Crippen LogP contribution in [0, 0.1) is 18.3 Å². The Labute approximate surface area is 246 Å². The summed E-state index contributed by atoms with van der Waals surface area (Å²) in [6.07, 6.45) is 0.590. The second-order valence-electron chi connectivity index (χ2n) is 13.0. The molecule has 1 fully saturated rings. The molecule has 0 atom stereocenters. The molecule has 0 saturated heterocycles. The van der Waals surface area contributed by atoms with Crippen LogP contribution >= 0.6 is 0 Å². The highest BCUT2D eigenvalue weighted by atomic mass is 32.2. The summed E-state index contributed by atoms with van der Waals surface area (Å²) in [6.45, 7) is 10.5. The molecule has 1 aliphatic carbocycles. The Morgan fingerprint density at radius 3 is 2.19 bits per heavy atom. The molecule has 0 aliphatic heterocycles. The monoisotopic (exact) mass is 612 g/mol. The largest absolute Gasteiger partial charge is 0.417 e. The molecule has 1 aromatic heterocycles. The number of hydrogen-bond acceptors (Lipinski definition) is 4. The highest BCUT2D eigenvalue weighted by Crippen LogP contribution is 2.39. The number of primary amides is 1. The molecule has 0 unspecified atom stereocenters. The van der Waals surface area contributed by atoms with Crippen molar-refractivity contribution in [3.63, 3.8) is 0 Å². The summed E-state index contributed by atoms with van der Waals surface area (Å²) < 4.78 is 72.9. The van der Waals surface area contributed by atoms with E-state index in [-0.39, 0.29) is 12.1 Å². The van der Waals surface area contributed by atoms with Gasteiger partial charge < -0.3 is 15.6 Å².